The summed E-state index contributed by atoms with van der Waals surface area (Å²) in [4.78, 5) is 15.5. The molecule has 0 aliphatic carbocycles. The number of Topliss-reactive ketones (excluding diaryl/α,β-unsaturated/α-hetero) is 1. The third-order valence-corrected chi connectivity index (χ3v) is 2.83. The van der Waals surface area contributed by atoms with E-state index in [2.05, 4.69) is 32.0 Å². The van der Waals surface area contributed by atoms with Crippen LogP contribution in [0.15, 0.2) is 24.5 Å². The average molecular weight is 273 g/mol. The normalized spacial score (nSPS) is 10.2. The minimum Gasteiger partial charge on any atom is -0.294 e. The molecule has 8 heteroatoms. The smallest absolute Gasteiger partial charge is 0.188 e. The van der Waals surface area contributed by atoms with Crippen molar-refractivity contribution in [3.05, 3.63) is 35.8 Å². The number of aryl methyl sites for hydroxylation is 1. The highest BCUT2D eigenvalue weighted by Gasteiger charge is 2.18. The third kappa shape index (κ3) is 2.17. The summed E-state index contributed by atoms with van der Waals surface area (Å²) in [5, 5.41) is 11.3. The molecule has 0 spiro atoms. The van der Waals surface area contributed by atoms with Gasteiger partial charge < -0.3 is 0 Å². The summed E-state index contributed by atoms with van der Waals surface area (Å²) in [5.74, 6) is 8.65. The molecule has 0 aromatic carbocycles. The molecule has 0 bridgehead atoms. The van der Waals surface area contributed by atoms with E-state index in [-0.39, 0.29) is 5.78 Å². The largest absolute Gasteiger partial charge is 0.294 e. The van der Waals surface area contributed by atoms with Crippen molar-refractivity contribution >= 4 is 11.4 Å². The van der Waals surface area contributed by atoms with Gasteiger partial charge in [-0.3, -0.25) is 26.6 Å². The summed E-state index contributed by atoms with van der Waals surface area (Å²) in [5.41, 5.74) is 2.84. The minimum atomic E-state index is -0.0209. The first kappa shape index (κ1) is 13.8. The van der Waals surface area contributed by atoms with E-state index in [9.17, 15) is 4.79 Å². The molecular formula is C12H15N7O. The van der Waals surface area contributed by atoms with Crippen LogP contribution < -0.4 is 11.7 Å². The molecule has 0 aliphatic heterocycles. The molecule has 0 amide bonds. The first-order chi connectivity index (χ1) is 9.68. The number of ketones is 1. The van der Waals surface area contributed by atoms with Crippen molar-refractivity contribution in [3.63, 3.8) is 0 Å². The molecule has 0 atom stereocenters. The summed E-state index contributed by atoms with van der Waals surface area (Å²) in [6, 6.07) is 3.69. The first-order valence-electron chi connectivity index (χ1n) is 5.87. The van der Waals surface area contributed by atoms with Gasteiger partial charge in [0, 0.05) is 23.7 Å². The maximum atomic E-state index is 11.6. The Morgan fingerprint density at radius 3 is 2.50 bits per heavy atom. The van der Waals surface area contributed by atoms with Gasteiger partial charge >= 0.3 is 0 Å². The molecular weight excluding hydrogens is 258 g/mol. The lowest BCUT2D eigenvalue weighted by molar-refractivity contribution is 0.101. The molecule has 0 unspecified atom stereocenters. The fraction of sp³-hybridized carbons (Fsp3) is 0.167. The van der Waals surface area contributed by atoms with E-state index in [1.807, 2.05) is 19.1 Å². The Balaban J connectivity index is 0.000000704. The van der Waals surface area contributed by atoms with Crippen molar-refractivity contribution in [3.8, 4) is 11.4 Å². The van der Waals surface area contributed by atoms with Crippen LogP contribution in [-0.4, -0.2) is 30.6 Å². The standard InChI is InChI=1S/C12H11N5O.H4N2/c1-7-10(8(2)18)12-15-14-11(17(12)16-7)9-3-5-13-6-4-9;1-2/h3-6,16H,1-2H3;1-2H2. The van der Waals surface area contributed by atoms with Crippen LogP contribution in [0.4, 0.5) is 0 Å². The summed E-state index contributed by atoms with van der Waals surface area (Å²) >= 11 is 0. The van der Waals surface area contributed by atoms with Gasteiger partial charge in [0.25, 0.3) is 0 Å². The first-order valence-corrected chi connectivity index (χ1v) is 5.87. The second kappa shape index (κ2) is 5.59. The number of fused-ring (bicyclic) bond motifs is 1. The van der Waals surface area contributed by atoms with Crippen molar-refractivity contribution in [2.24, 2.45) is 11.7 Å². The average Bonchev–Trinajstić information content (AvgIpc) is 2.99. The highest BCUT2D eigenvalue weighted by Crippen LogP contribution is 2.21. The molecule has 8 nitrogen and oxygen atoms in total. The van der Waals surface area contributed by atoms with Crippen LogP contribution >= 0.6 is 0 Å². The number of hydrogen-bond donors (Lipinski definition) is 3. The molecule has 3 aromatic heterocycles. The fourth-order valence-electron chi connectivity index (χ4n) is 2.05. The van der Waals surface area contributed by atoms with E-state index < -0.39 is 0 Å². The summed E-state index contributed by atoms with van der Waals surface area (Å²) in [6.07, 6.45) is 3.39. The second-order valence-corrected chi connectivity index (χ2v) is 4.09. The fourth-order valence-corrected chi connectivity index (χ4v) is 2.05. The number of carbonyl (C=O) groups is 1. The molecule has 0 radical (unpaired) electrons. The van der Waals surface area contributed by atoms with E-state index in [0.717, 1.165) is 11.3 Å². The van der Waals surface area contributed by atoms with Gasteiger partial charge in [-0.1, -0.05) is 0 Å². The summed E-state index contributed by atoms with van der Waals surface area (Å²) in [6.45, 7) is 3.37. The van der Waals surface area contributed by atoms with Gasteiger partial charge in [0.2, 0.25) is 0 Å². The van der Waals surface area contributed by atoms with Gasteiger partial charge in [-0.15, -0.1) is 10.2 Å². The van der Waals surface area contributed by atoms with Crippen molar-refractivity contribution in [2.45, 2.75) is 13.8 Å². The van der Waals surface area contributed by atoms with Gasteiger partial charge in [-0.05, 0) is 26.0 Å². The van der Waals surface area contributed by atoms with E-state index >= 15 is 0 Å². The minimum absolute atomic E-state index is 0.0209. The van der Waals surface area contributed by atoms with Crippen molar-refractivity contribution in [2.75, 3.05) is 0 Å². The van der Waals surface area contributed by atoms with Crippen LogP contribution in [0, 0.1) is 6.92 Å². The Labute approximate surface area is 114 Å². The lowest BCUT2D eigenvalue weighted by atomic mass is 10.2. The monoisotopic (exact) mass is 273 g/mol. The molecule has 3 aromatic rings. The predicted molar refractivity (Wildman–Crippen MR) is 73.7 cm³/mol. The van der Waals surface area contributed by atoms with Gasteiger partial charge in [-0.2, -0.15) is 0 Å². The molecule has 104 valence electrons. The molecule has 0 fully saturated rings. The number of nitrogens with two attached hydrogens (primary N) is 2. The second-order valence-electron chi connectivity index (χ2n) is 4.09. The number of rotatable bonds is 2. The number of nitrogens with one attached hydrogen (secondary N) is 1. The SMILES string of the molecule is CC(=O)c1c(C)[nH]n2c(-c3ccncc3)nnc12.NN. The topological polar surface area (TPSA) is 128 Å². The quantitative estimate of drug-likeness (QED) is 0.353. The number of pyridine rings is 1. The van der Waals surface area contributed by atoms with Crippen LogP contribution in [0.5, 0.6) is 0 Å². The zero-order valence-corrected chi connectivity index (χ0v) is 11.2. The lowest BCUT2D eigenvalue weighted by Crippen LogP contribution is -2.02. The van der Waals surface area contributed by atoms with Crippen LogP contribution in [0.25, 0.3) is 17.0 Å². The van der Waals surface area contributed by atoms with Crippen molar-refractivity contribution < 1.29 is 4.79 Å². The molecule has 3 heterocycles. The highest BCUT2D eigenvalue weighted by molar-refractivity contribution is 6.01. The van der Waals surface area contributed by atoms with Crippen LogP contribution in [0.2, 0.25) is 0 Å². The predicted octanol–water partition coefficient (Wildman–Crippen LogP) is 0.449. The Morgan fingerprint density at radius 2 is 1.90 bits per heavy atom. The molecule has 20 heavy (non-hydrogen) atoms. The Kier molecular flexibility index (Phi) is 3.87. The lowest BCUT2D eigenvalue weighted by Gasteiger charge is -1.95. The number of aromatic nitrogens is 5. The van der Waals surface area contributed by atoms with Crippen LogP contribution in [0.3, 0.4) is 0 Å². The van der Waals surface area contributed by atoms with Crippen LogP contribution in [0.1, 0.15) is 23.0 Å². The summed E-state index contributed by atoms with van der Waals surface area (Å²) < 4.78 is 1.72. The highest BCUT2D eigenvalue weighted by atomic mass is 16.1. The van der Waals surface area contributed by atoms with Crippen LogP contribution in [-0.2, 0) is 0 Å². The van der Waals surface area contributed by atoms with Gasteiger partial charge in [-0.25, -0.2) is 4.52 Å². The van der Waals surface area contributed by atoms with Gasteiger partial charge in [0.15, 0.2) is 17.3 Å². The molecule has 5 N–H and O–H groups in total. The number of aromatic amines is 1. The zero-order valence-electron chi connectivity index (χ0n) is 11.2. The maximum absolute atomic E-state index is 11.6. The number of hydrogen-bond acceptors (Lipinski definition) is 6. The van der Waals surface area contributed by atoms with E-state index in [1.54, 1.807) is 16.9 Å². The number of hydrazine groups is 1. The molecule has 3 rings (SSSR count). The molecule has 0 aliphatic rings. The van der Waals surface area contributed by atoms with E-state index in [1.165, 1.54) is 6.92 Å². The van der Waals surface area contributed by atoms with E-state index in [4.69, 9.17) is 0 Å². The molecule has 0 saturated heterocycles. The Hall–Kier alpha value is -2.58. The van der Waals surface area contributed by atoms with Gasteiger partial charge in [0.1, 0.15) is 0 Å². The third-order valence-electron chi connectivity index (χ3n) is 2.83. The summed E-state index contributed by atoms with van der Waals surface area (Å²) in [7, 11) is 0. The van der Waals surface area contributed by atoms with E-state index in [0.29, 0.717) is 17.0 Å². The zero-order chi connectivity index (χ0) is 14.7. The maximum Gasteiger partial charge on any atom is 0.188 e. The molecule has 0 saturated carbocycles. The number of nitrogens with zero attached hydrogens (tertiary/aromatic N) is 4. The Bertz CT molecular complexity index is 729. The van der Waals surface area contributed by atoms with Gasteiger partial charge in [0.05, 0.1) is 5.56 Å². The van der Waals surface area contributed by atoms with Crippen molar-refractivity contribution in [1.29, 1.82) is 0 Å². The van der Waals surface area contributed by atoms with Crippen molar-refractivity contribution in [1.82, 2.24) is 24.8 Å². The Morgan fingerprint density at radius 1 is 1.25 bits per heavy atom. The number of carbonyl (C=O) groups excluding carboxylic acids is 1. The number of H-pyrrole nitrogens is 1.